The highest BCUT2D eigenvalue weighted by Gasteiger charge is 2.27. The van der Waals surface area contributed by atoms with Gasteiger partial charge in [-0.25, -0.2) is 4.98 Å². The second kappa shape index (κ2) is 6.96. The lowest BCUT2D eigenvalue weighted by atomic mass is 10.1. The van der Waals surface area contributed by atoms with Gasteiger partial charge in [-0.3, -0.25) is 15.0 Å². The van der Waals surface area contributed by atoms with Gasteiger partial charge in [-0.05, 0) is 25.1 Å². The van der Waals surface area contributed by atoms with E-state index in [0.29, 0.717) is 37.0 Å². The van der Waals surface area contributed by atoms with E-state index in [1.165, 1.54) is 0 Å². The zero-order valence-corrected chi connectivity index (χ0v) is 14.3. The van der Waals surface area contributed by atoms with Gasteiger partial charge < -0.3 is 15.0 Å². The Morgan fingerprint density at radius 2 is 2.23 bits per heavy atom. The first kappa shape index (κ1) is 16.3. The number of nitrogens with one attached hydrogen (secondary N) is 3. The minimum Gasteiger partial charge on any atom is -0.368 e. The highest BCUT2D eigenvalue weighted by molar-refractivity contribution is 5.92. The number of amides is 1. The zero-order valence-electron chi connectivity index (χ0n) is 14.3. The van der Waals surface area contributed by atoms with E-state index in [1.807, 2.05) is 31.2 Å². The number of aromatic amines is 2. The van der Waals surface area contributed by atoms with Gasteiger partial charge >= 0.3 is 0 Å². The van der Waals surface area contributed by atoms with Gasteiger partial charge in [-0.15, -0.1) is 0 Å². The summed E-state index contributed by atoms with van der Waals surface area (Å²) in [6, 6.07) is 9.24. The molecule has 3 aromatic heterocycles. The van der Waals surface area contributed by atoms with Gasteiger partial charge in [0.2, 0.25) is 0 Å². The zero-order chi connectivity index (χ0) is 17.9. The minimum absolute atomic E-state index is 0.0860. The first-order chi connectivity index (χ1) is 12.7. The summed E-state index contributed by atoms with van der Waals surface area (Å²) in [5.74, 6) is 1.29. The molecule has 26 heavy (non-hydrogen) atoms. The van der Waals surface area contributed by atoms with Crippen molar-refractivity contribution in [3.63, 3.8) is 0 Å². The predicted octanol–water partition coefficient (Wildman–Crippen LogP) is 1.79. The molecule has 1 amide bonds. The van der Waals surface area contributed by atoms with Gasteiger partial charge in [0, 0.05) is 24.5 Å². The number of carbonyl (C=O) groups excluding carboxylic acids is 1. The molecule has 0 aliphatic carbocycles. The summed E-state index contributed by atoms with van der Waals surface area (Å²) in [6.07, 6.45) is 1.29. The third-order valence-electron chi connectivity index (χ3n) is 4.15. The molecule has 0 aromatic carbocycles. The van der Waals surface area contributed by atoms with Crippen LogP contribution in [0.2, 0.25) is 0 Å². The van der Waals surface area contributed by atoms with Crippen molar-refractivity contribution >= 4 is 17.5 Å². The van der Waals surface area contributed by atoms with E-state index in [-0.39, 0.29) is 12.0 Å². The van der Waals surface area contributed by atoms with Gasteiger partial charge in [0.05, 0.1) is 18.8 Å². The second-order valence-corrected chi connectivity index (χ2v) is 6.09. The van der Waals surface area contributed by atoms with Crippen LogP contribution in [0.25, 0.3) is 0 Å². The molecular formula is C17H19N7O2. The quantitative estimate of drug-likeness (QED) is 0.659. The molecule has 0 bridgehead atoms. The van der Waals surface area contributed by atoms with Crippen molar-refractivity contribution < 1.29 is 9.53 Å². The first-order valence-electron chi connectivity index (χ1n) is 8.35. The number of nitrogens with zero attached hydrogens (tertiary/aromatic N) is 4. The van der Waals surface area contributed by atoms with Crippen LogP contribution in [0, 0.1) is 6.92 Å². The van der Waals surface area contributed by atoms with Crippen molar-refractivity contribution in [2.75, 3.05) is 25.0 Å². The molecule has 9 nitrogen and oxygen atoms in total. The Morgan fingerprint density at radius 1 is 1.31 bits per heavy atom. The molecule has 1 aliphatic heterocycles. The van der Waals surface area contributed by atoms with E-state index in [0.717, 1.165) is 11.4 Å². The number of aryl methyl sites for hydroxylation is 1. The Bertz CT molecular complexity index is 890. The maximum atomic E-state index is 12.5. The van der Waals surface area contributed by atoms with Crippen LogP contribution in [0.15, 0.2) is 36.5 Å². The molecule has 0 radical (unpaired) electrons. The van der Waals surface area contributed by atoms with Gasteiger partial charge in [0.1, 0.15) is 17.6 Å². The molecule has 4 rings (SSSR count). The van der Waals surface area contributed by atoms with Crippen LogP contribution in [-0.2, 0) is 4.74 Å². The predicted molar refractivity (Wildman–Crippen MR) is 94.0 cm³/mol. The fourth-order valence-electron chi connectivity index (χ4n) is 2.87. The smallest absolute Gasteiger partial charge is 0.272 e. The third kappa shape index (κ3) is 3.42. The van der Waals surface area contributed by atoms with E-state index in [2.05, 4.69) is 30.7 Å². The van der Waals surface area contributed by atoms with E-state index >= 15 is 0 Å². The maximum Gasteiger partial charge on any atom is 0.272 e. The van der Waals surface area contributed by atoms with Crippen LogP contribution in [0.4, 0.5) is 11.6 Å². The highest BCUT2D eigenvalue weighted by Crippen LogP contribution is 2.23. The van der Waals surface area contributed by atoms with Crippen LogP contribution >= 0.6 is 0 Å². The normalized spacial score (nSPS) is 17.3. The van der Waals surface area contributed by atoms with Gasteiger partial charge in [0.25, 0.3) is 5.91 Å². The number of anilines is 2. The third-order valence-corrected chi connectivity index (χ3v) is 4.15. The molecular weight excluding hydrogens is 334 g/mol. The number of morpholine rings is 1. The first-order valence-corrected chi connectivity index (χ1v) is 8.35. The monoisotopic (exact) mass is 353 g/mol. The molecule has 1 aliphatic rings. The Balaban J connectivity index is 1.48. The van der Waals surface area contributed by atoms with E-state index in [4.69, 9.17) is 4.74 Å². The number of H-pyrrole nitrogens is 2. The standard InChI is InChI=1S/C17H19N7O2/c1-11-9-16(23-21-11)20-15-4-2-3-12(19-15)14-10-24(7-8-26-14)17(25)13-5-6-18-22-13/h2-6,9,14H,7-8,10H2,1H3,(H,18,22)(H2,19,20,21,23). The number of hydrogen-bond acceptors (Lipinski definition) is 6. The van der Waals surface area contributed by atoms with Crippen LogP contribution in [0.3, 0.4) is 0 Å². The molecule has 0 spiro atoms. The summed E-state index contributed by atoms with van der Waals surface area (Å²) >= 11 is 0. The average molecular weight is 353 g/mol. The molecule has 1 unspecified atom stereocenters. The summed E-state index contributed by atoms with van der Waals surface area (Å²) in [4.78, 5) is 18.9. The van der Waals surface area contributed by atoms with Crippen LogP contribution in [0.1, 0.15) is 28.0 Å². The largest absolute Gasteiger partial charge is 0.368 e. The van der Waals surface area contributed by atoms with Crippen LogP contribution in [-0.4, -0.2) is 55.9 Å². The Labute approximate surface area is 149 Å². The van der Waals surface area contributed by atoms with Gasteiger partial charge in [0.15, 0.2) is 5.82 Å². The highest BCUT2D eigenvalue weighted by atomic mass is 16.5. The minimum atomic E-state index is -0.279. The molecule has 1 fully saturated rings. The number of pyridine rings is 1. The Hall–Kier alpha value is -3.20. The number of hydrogen-bond donors (Lipinski definition) is 3. The number of carbonyl (C=O) groups is 1. The molecule has 4 heterocycles. The van der Waals surface area contributed by atoms with E-state index < -0.39 is 0 Å². The lowest BCUT2D eigenvalue weighted by Crippen LogP contribution is -2.42. The Kier molecular flexibility index (Phi) is 4.36. The summed E-state index contributed by atoms with van der Waals surface area (Å²) in [6.45, 7) is 3.38. The second-order valence-electron chi connectivity index (χ2n) is 6.09. The van der Waals surface area contributed by atoms with Gasteiger partial charge in [-0.2, -0.15) is 10.2 Å². The van der Waals surface area contributed by atoms with Crippen molar-refractivity contribution in [1.82, 2.24) is 30.3 Å². The summed E-state index contributed by atoms with van der Waals surface area (Å²) in [5.41, 5.74) is 2.21. The number of rotatable bonds is 4. The van der Waals surface area contributed by atoms with Crippen molar-refractivity contribution in [2.45, 2.75) is 13.0 Å². The molecule has 1 atom stereocenters. The summed E-state index contributed by atoms with van der Waals surface area (Å²) < 4.78 is 5.84. The van der Waals surface area contributed by atoms with E-state index in [1.54, 1.807) is 17.2 Å². The molecule has 9 heteroatoms. The van der Waals surface area contributed by atoms with Crippen LogP contribution in [0.5, 0.6) is 0 Å². The average Bonchev–Trinajstić information content (AvgIpc) is 3.33. The molecule has 1 saturated heterocycles. The van der Waals surface area contributed by atoms with Crippen molar-refractivity contribution in [3.05, 3.63) is 53.6 Å². The summed E-state index contributed by atoms with van der Waals surface area (Å²) in [7, 11) is 0. The van der Waals surface area contributed by atoms with E-state index in [9.17, 15) is 4.79 Å². The molecule has 134 valence electrons. The molecule has 0 saturated carbocycles. The topological polar surface area (TPSA) is 112 Å². The van der Waals surface area contributed by atoms with Crippen molar-refractivity contribution in [2.24, 2.45) is 0 Å². The fraction of sp³-hybridized carbons (Fsp3) is 0.294. The fourth-order valence-corrected chi connectivity index (χ4v) is 2.87. The van der Waals surface area contributed by atoms with Gasteiger partial charge in [-0.1, -0.05) is 6.07 Å². The molecule has 3 N–H and O–H groups in total. The SMILES string of the molecule is Cc1cc(Nc2cccc(C3CN(C(=O)c4ccn[nH]4)CCO3)n2)n[nH]1. The van der Waals surface area contributed by atoms with Crippen LogP contribution < -0.4 is 5.32 Å². The van der Waals surface area contributed by atoms with Crippen molar-refractivity contribution in [1.29, 1.82) is 0 Å². The number of ether oxygens (including phenoxy) is 1. The Morgan fingerprint density at radius 3 is 3.00 bits per heavy atom. The summed E-state index contributed by atoms with van der Waals surface area (Å²) in [5, 5.41) is 16.7. The van der Waals surface area contributed by atoms with Crippen molar-refractivity contribution in [3.8, 4) is 0 Å². The molecule has 3 aromatic rings. The number of aromatic nitrogens is 5. The lowest BCUT2D eigenvalue weighted by Gasteiger charge is -2.32. The maximum absolute atomic E-state index is 12.5. The lowest BCUT2D eigenvalue weighted by molar-refractivity contribution is -0.0248.